The Bertz CT molecular complexity index is 1140. The summed E-state index contributed by atoms with van der Waals surface area (Å²) in [4.78, 5) is 16.2. The predicted molar refractivity (Wildman–Crippen MR) is 112 cm³/mol. The molecule has 3 aromatic rings. The van der Waals surface area contributed by atoms with Crippen molar-refractivity contribution in [3.63, 3.8) is 0 Å². The average Bonchev–Trinajstić information content (AvgIpc) is 3.17. The van der Waals surface area contributed by atoms with E-state index in [-0.39, 0.29) is 23.4 Å². The fourth-order valence-electron chi connectivity index (χ4n) is 3.72. The van der Waals surface area contributed by atoms with Crippen LogP contribution in [0.4, 0.5) is 0 Å². The van der Waals surface area contributed by atoms with Crippen molar-refractivity contribution in [1.29, 1.82) is 0 Å². The number of fused-ring (bicyclic) bond motifs is 2. The van der Waals surface area contributed by atoms with Gasteiger partial charge in [-0.1, -0.05) is 30.3 Å². The molecule has 0 unspecified atom stereocenters. The van der Waals surface area contributed by atoms with Crippen LogP contribution in [0, 0.1) is 0 Å². The highest BCUT2D eigenvalue weighted by Gasteiger charge is 2.31. The van der Waals surface area contributed by atoms with Crippen molar-refractivity contribution >= 4 is 38.0 Å². The molecule has 0 fully saturated rings. The molecule has 0 saturated carbocycles. The van der Waals surface area contributed by atoms with E-state index in [2.05, 4.69) is 6.07 Å². The number of sulfonamides is 1. The van der Waals surface area contributed by atoms with Crippen LogP contribution >= 0.6 is 11.3 Å². The zero-order valence-corrected chi connectivity index (χ0v) is 17.5. The Morgan fingerprint density at radius 3 is 2.71 bits per heavy atom. The molecule has 0 aliphatic carbocycles. The molecule has 146 valence electrons. The van der Waals surface area contributed by atoms with E-state index in [1.54, 1.807) is 34.4 Å². The van der Waals surface area contributed by atoms with Crippen molar-refractivity contribution in [3.8, 4) is 0 Å². The molecule has 1 atom stereocenters. The molecule has 4 rings (SSSR count). The van der Waals surface area contributed by atoms with Crippen molar-refractivity contribution in [2.45, 2.75) is 24.3 Å². The first-order valence-corrected chi connectivity index (χ1v) is 11.5. The SMILES string of the molecule is C[C@H]1c2ccsc2CCN1C(=O)CN(C)S(=O)(=O)c1ccc2ccccc2c1. The first-order chi connectivity index (χ1) is 13.4. The summed E-state index contributed by atoms with van der Waals surface area (Å²) in [6.07, 6.45) is 0.824. The summed E-state index contributed by atoms with van der Waals surface area (Å²) in [6, 6.07) is 14.7. The van der Waals surface area contributed by atoms with Crippen LogP contribution in [0.25, 0.3) is 10.8 Å². The number of likely N-dealkylation sites (N-methyl/N-ethyl adjacent to an activating group) is 1. The average molecular weight is 415 g/mol. The van der Waals surface area contributed by atoms with Crippen LogP contribution in [0.2, 0.25) is 0 Å². The lowest BCUT2D eigenvalue weighted by Crippen LogP contribution is -2.44. The van der Waals surface area contributed by atoms with E-state index in [1.807, 2.05) is 36.6 Å². The predicted octanol–water partition coefficient (Wildman–Crippen LogP) is 3.67. The van der Waals surface area contributed by atoms with Crippen molar-refractivity contribution in [2.75, 3.05) is 20.1 Å². The fourth-order valence-corrected chi connectivity index (χ4v) is 5.84. The highest BCUT2D eigenvalue weighted by Crippen LogP contribution is 2.33. The van der Waals surface area contributed by atoms with E-state index >= 15 is 0 Å². The molecule has 2 heterocycles. The number of benzene rings is 2. The molecule has 0 bridgehead atoms. The summed E-state index contributed by atoms with van der Waals surface area (Å²) < 4.78 is 27.1. The Kier molecular flexibility index (Phi) is 4.99. The second kappa shape index (κ2) is 7.31. The summed E-state index contributed by atoms with van der Waals surface area (Å²) in [5, 5.41) is 3.89. The maximum atomic E-state index is 13.0. The van der Waals surface area contributed by atoms with E-state index in [0.29, 0.717) is 6.54 Å². The number of nitrogens with zero attached hydrogens (tertiary/aromatic N) is 2. The van der Waals surface area contributed by atoms with Gasteiger partial charge in [0.1, 0.15) is 0 Å². The molecule has 28 heavy (non-hydrogen) atoms. The summed E-state index contributed by atoms with van der Waals surface area (Å²) in [5.74, 6) is -0.170. The molecule has 0 N–H and O–H groups in total. The van der Waals surface area contributed by atoms with Crippen molar-refractivity contribution in [2.24, 2.45) is 0 Å². The number of hydrogen-bond donors (Lipinski definition) is 0. The van der Waals surface area contributed by atoms with E-state index in [9.17, 15) is 13.2 Å². The maximum absolute atomic E-state index is 13.0. The molecule has 0 saturated heterocycles. The van der Waals surface area contributed by atoms with E-state index in [0.717, 1.165) is 21.5 Å². The summed E-state index contributed by atoms with van der Waals surface area (Å²) in [5.41, 5.74) is 1.17. The molecule has 5 nitrogen and oxygen atoms in total. The normalized spacial score (nSPS) is 17.1. The lowest BCUT2D eigenvalue weighted by Gasteiger charge is -2.34. The first kappa shape index (κ1) is 19.1. The Morgan fingerprint density at radius 2 is 1.93 bits per heavy atom. The quantitative estimate of drug-likeness (QED) is 0.655. The number of carbonyl (C=O) groups excluding carboxylic acids is 1. The van der Waals surface area contributed by atoms with Crippen molar-refractivity contribution in [3.05, 3.63) is 64.4 Å². The maximum Gasteiger partial charge on any atom is 0.243 e. The third-order valence-electron chi connectivity index (χ3n) is 5.38. The van der Waals surface area contributed by atoms with Gasteiger partial charge in [0.05, 0.1) is 17.5 Å². The van der Waals surface area contributed by atoms with Crippen LogP contribution in [-0.2, 0) is 21.2 Å². The number of thiophene rings is 1. The van der Waals surface area contributed by atoms with Crippen molar-refractivity contribution < 1.29 is 13.2 Å². The highest BCUT2D eigenvalue weighted by atomic mass is 32.2. The minimum absolute atomic E-state index is 0.0285. The van der Waals surface area contributed by atoms with Gasteiger partial charge in [-0.05, 0) is 53.3 Å². The van der Waals surface area contributed by atoms with E-state index in [1.165, 1.54) is 17.5 Å². The smallest absolute Gasteiger partial charge is 0.243 e. The molecular formula is C21H22N2O3S2. The van der Waals surface area contributed by atoms with E-state index in [4.69, 9.17) is 0 Å². The van der Waals surface area contributed by atoms with Gasteiger partial charge in [0.25, 0.3) is 0 Å². The zero-order chi connectivity index (χ0) is 19.9. The van der Waals surface area contributed by atoms with Crippen LogP contribution < -0.4 is 0 Å². The first-order valence-electron chi connectivity index (χ1n) is 9.19. The topological polar surface area (TPSA) is 57.7 Å². The summed E-state index contributed by atoms with van der Waals surface area (Å²) in [7, 11) is -2.28. The fraction of sp³-hybridized carbons (Fsp3) is 0.286. The molecule has 7 heteroatoms. The Morgan fingerprint density at radius 1 is 1.18 bits per heavy atom. The van der Waals surface area contributed by atoms with Gasteiger partial charge in [-0.2, -0.15) is 4.31 Å². The zero-order valence-electron chi connectivity index (χ0n) is 15.8. The van der Waals surface area contributed by atoms with Gasteiger partial charge in [-0.15, -0.1) is 11.3 Å². The minimum Gasteiger partial charge on any atom is -0.334 e. The van der Waals surface area contributed by atoms with E-state index < -0.39 is 10.0 Å². The minimum atomic E-state index is -3.74. The van der Waals surface area contributed by atoms with Crippen LogP contribution in [0.3, 0.4) is 0 Å². The third-order valence-corrected chi connectivity index (χ3v) is 8.18. The van der Waals surface area contributed by atoms with Gasteiger partial charge in [0.15, 0.2) is 0 Å². The molecule has 1 aromatic heterocycles. The molecule has 1 amide bonds. The second-order valence-corrected chi connectivity index (χ2v) is 10.1. The standard InChI is InChI=1S/C21H22N2O3S2/c1-15-19-10-12-27-20(19)9-11-23(15)21(24)14-22(2)28(25,26)18-8-7-16-5-3-4-6-17(16)13-18/h3-8,10,12-13,15H,9,11,14H2,1-2H3/t15-/m0/s1. The van der Waals surface area contributed by atoms with Crippen LogP contribution in [0.1, 0.15) is 23.4 Å². The number of rotatable bonds is 4. The number of hydrogen-bond acceptors (Lipinski definition) is 4. The summed E-state index contributed by atoms with van der Waals surface area (Å²) >= 11 is 1.71. The van der Waals surface area contributed by atoms with Gasteiger partial charge >= 0.3 is 0 Å². The van der Waals surface area contributed by atoms with Crippen LogP contribution in [0.5, 0.6) is 0 Å². The Balaban J connectivity index is 1.53. The van der Waals surface area contributed by atoms with Gasteiger partial charge in [0.2, 0.25) is 15.9 Å². The van der Waals surface area contributed by atoms with Gasteiger partial charge < -0.3 is 4.90 Å². The molecule has 1 aliphatic heterocycles. The molecule has 1 aliphatic rings. The third kappa shape index (κ3) is 3.34. The molecular weight excluding hydrogens is 392 g/mol. The Hall–Kier alpha value is -2.22. The van der Waals surface area contributed by atoms with Gasteiger partial charge in [0, 0.05) is 18.5 Å². The lowest BCUT2D eigenvalue weighted by molar-refractivity contribution is -0.133. The van der Waals surface area contributed by atoms with Crippen LogP contribution in [0.15, 0.2) is 58.8 Å². The molecule has 2 aromatic carbocycles. The second-order valence-electron chi connectivity index (χ2n) is 7.08. The molecule has 0 radical (unpaired) electrons. The number of carbonyl (C=O) groups is 1. The van der Waals surface area contributed by atoms with Gasteiger partial charge in [-0.25, -0.2) is 8.42 Å². The van der Waals surface area contributed by atoms with Crippen LogP contribution in [-0.4, -0.2) is 43.7 Å². The van der Waals surface area contributed by atoms with Crippen molar-refractivity contribution in [1.82, 2.24) is 9.21 Å². The largest absolute Gasteiger partial charge is 0.334 e. The number of amides is 1. The highest BCUT2D eigenvalue weighted by molar-refractivity contribution is 7.89. The molecule has 0 spiro atoms. The van der Waals surface area contributed by atoms with Gasteiger partial charge in [-0.3, -0.25) is 4.79 Å². The monoisotopic (exact) mass is 414 g/mol. The summed E-state index contributed by atoms with van der Waals surface area (Å²) in [6.45, 7) is 2.46. The Labute approximate surface area is 169 Å². The lowest BCUT2D eigenvalue weighted by atomic mass is 10.0.